The van der Waals surface area contributed by atoms with Gasteiger partial charge in [0.1, 0.15) is 23.0 Å². The van der Waals surface area contributed by atoms with Crippen LogP contribution < -0.4 is 35.7 Å². The van der Waals surface area contributed by atoms with Crippen molar-refractivity contribution < 1.29 is 9.47 Å². The summed E-state index contributed by atoms with van der Waals surface area (Å²) in [7, 11) is 0. The zero-order chi connectivity index (χ0) is 55.4. The van der Waals surface area contributed by atoms with Crippen molar-refractivity contribution in [3.63, 3.8) is 0 Å². The van der Waals surface area contributed by atoms with E-state index in [-0.39, 0.29) is 39.2 Å². The van der Waals surface area contributed by atoms with Gasteiger partial charge in [-0.15, -0.1) is 0 Å². The minimum Gasteiger partial charge on any atom is -0.458 e. The van der Waals surface area contributed by atoms with E-state index in [2.05, 4.69) is 298 Å². The molecule has 4 nitrogen and oxygen atoms in total. The molecular weight excluding hydrogens is 936 g/mol. The van der Waals surface area contributed by atoms with E-state index in [0.29, 0.717) is 0 Å². The predicted molar refractivity (Wildman–Crippen MR) is 331 cm³/mol. The van der Waals surface area contributed by atoms with Gasteiger partial charge in [0.25, 0.3) is 6.71 Å². The second-order valence-electron chi connectivity index (χ2n) is 28.1. The van der Waals surface area contributed by atoms with E-state index in [1.54, 1.807) is 0 Å². The fourth-order valence-corrected chi connectivity index (χ4v) is 11.1. The number of ether oxygens (including phenoxy) is 2. The molecule has 0 atom stereocenters. The van der Waals surface area contributed by atoms with Gasteiger partial charge in [-0.3, -0.25) is 0 Å². The van der Waals surface area contributed by atoms with Gasteiger partial charge in [0, 0.05) is 33.8 Å². The lowest BCUT2D eigenvalue weighted by Crippen LogP contribution is -2.57. The fraction of sp³-hybridized carbons (Fsp3) is 0.333. The predicted octanol–water partition coefficient (Wildman–Crippen LogP) is 18.8. The normalized spacial score (nSPS) is 13.5. The summed E-state index contributed by atoms with van der Waals surface area (Å²) >= 11 is 0. The molecule has 77 heavy (non-hydrogen) atoms. The first-order valence-electron chi connectivity index (χ1n) is 27.9. The van der Waals surface area contributed by atoms with Crippen LogP contribution >= 0.6 is 0 Å². The molecule has 0 bridgehead atoms. The molecule has 0 amide bonds. The van der Waals surface area contributed by atoms with Crippen molar-refractivity contribution in [2.45, 2.75) is 157 Å². The lowest BCUT2D eigenvalue weighted by Gasteiger charge is -2.36. The van der Waals surface area contributed by atoms with E-state index in [0.717, 1.165) is 73.7 Å². The fourth-order valence-electron chi connectivity index (χ4n) is 11.1. The van der Waals surface area contributed by atoms with Gasteiger partial charge >= 0.3 is 0 Å². The van der Waals surface area contributed by atoms with Gasteiger partial charge in [0.05, 0.1) is 11.4 Å². The first-order chi connectivity index (χ1) is 35.9. The van der Waals surface area contributed by atoms with Crippen molar-refractivity contribution in [2.75, 3.05) is 9.80 Å². The van der Waals surface area contributed by atoms with Crippen LogP contribution in [0.25, 0.3) is 11.1 Å². The maximum atomic E-state index is 7.28. The highest BCUT2D eigenvalue weighted by atomic mass is 16.5. The van der Waals surface area contributed by atoms with Crippen molar-refractivity contribution in [1.29, 1.82) is 0 Å². The largest absolute Gasteiger partial charge is 0.458 e. The highest BCUT2D eigenvalue weighted by molar-refractivity contribution is 6.98. The topological polar surface area (TPSA) is 24.9 Å². The molecule has 0 unspecified atom stereocenters. The van der Waals surface area contributed by atoms with Crippen molar-refractivity contribution >= 4 is 57.2 Å². The van der Waals surface area contributed by atoms with Crippen molar-refractivity contribution in [1.82, 2.24) is 0 Å². The molecule has 0 spiro atoms. The molecule has 0 N–H and O–H groups in total. The van der Waals surface area contributed by atoms with Crippen LogP contribution in [0.5, 0.6) is 23.0 Å². The summed E-state index contributed by atoms with van der Waals surface area (Å²) in [5.74, 6) is 3.36. The number of nitrogens with zero attached hydrogens (tertiary/aromatic N) is 2. The van der Waals surface area contributed by atoms with Crippen molar-refractivity contribution in [3.05, 3.63) is 197 Å². The molecule has 2 aliphatic rings. The molecule has 0 saturated heterocycles. The summed E-state index contributed by atoms with van der Waals surface area (Å²) in [6.45, 7) is 41.0. The average molecular weight is 1020 g/mol. The molecule has 8 aromatic carbocycles. The van der Waals surface area contributed by atoms with Crippen LogP contribution in [-0.2, 0) is 32.5 Å². The van der Waals surface area contributed by atoms with Gasteiger partial charge in [-0.05, 0) is 167 Å². The molecule has 2 aliphatic heterocycles. The van der Waals surface area contributed by atoms with E-state index in [1.807, 2.05) is 0 Å². The molecule has 2 heterocycles. The lowest BCUT2D eigenvalue weighted by atomic mass is 9.34. The second kappa shape index (κ2) is 18.9. The number of anilines is 6. The number of fused-ring (bicyclic) bond motifs is 4. The molecule has 394 valence electrons. The Morgan fingerprint density at radius 1 is 0.299 bits per heavy atom. The quantitative estimate of drug-likeness (QED) is 0.149. The maximum Gasteiger partial charge on any atom is 0.260 e. The third-order valence-corrected chi connectivity index (χ3v) is 16.0. The highest BCUT2D eigenvalue weighted by Crippen LogP contribution is 2.52. The van der Waals surface area contributed by atoms with Crippen molar-refractivity contribution in [3.8, 4) is 34.1 Å². The third-order valence-electron chi connectivity index (χ3n) is 16.0. The van der Waals surface area contributed by atoms with Gasteiger partial charge in [-0.2, -0.15) is 0 Å². The minimum absolute atomic E-state index is 0.0173. The zero-order valence-electron chi connectivity index (χ0n) is 49.4. The molecular formula is C72H81BN2O2. The van der Waals surface area contributed by atoms with Crippen LogP contribution in [0.4, 0.5) is 34.1 Å². The smallest absolute Gasteiger partial charge is 0.260 e. The standard InChI is InChI=1S/C72H81BN2O2/c1-67(2,3)47-22-32-53(33-23-47)74(54-34-24-48(25-35-54)68(4,5)6)59-20-19-21-60(75(55-36-26-49(27-37-55)69(7,8)9)56-38-28-50(29-39-56)70(10,11)12)65(59)46-42-63-66-64(43-46)77-62-41-31-52(72(16,17)18)45-58(62)73(66)57-44-51(71(13,14)15)30-40-61(57)76-63/h19-45H,1-18H3. The summed E-state index contributed by atoms with van der Waals surface area (Å²) in [4.78, 5) is 4.90. The molecule has 0 radical (unpaired) electrons. The minimum atomic E-state index is -0.0980. The Kier molecular flexibility index (Phi) is 13.1. The van der Waals surface area contributed by atoms with Gasteiger partial charge in [0.2, 0.25) is 0 Å². The van der Waals surface area contributed by atoms with Crippen LogP contribution in [-0.4, -0.2) is 6.71 Å². The summed E-state index contributed by atoms with van der Waals surface area (Å²) < 4.78 is 14.6. The monoisotopic (exact) mass is 1020 g/mol. The Morgan fingerprint density at radius 3 is 0.844 bits per heavy atom. The second-order valence-corrected chi connectivity index (χ2v) is 28.1. The molecule has 10 rings (SSSR count). The van der Waals surface area contributed by atoms with Crippen molar-refractivity contribution in [2.24, 2.45) is 0 Å². The van der Waals surface area contributed by atoms with Gasteiger partial charge < -0.3 is 19.3 Å². The SMILES string of the molecule is CC(C)(C)c1ccc(N(c2ccc(C(C)(C)C)cc2)c2cccc(N(c3ccc(C(C)(C)C)cc3)c3ccc(C(C)(C)C)cc3)c2-c2cc3c4c(c2)Oc2ccc(C(C)(C)C)cc2B4c2cc(C(C)(C)C)ccc2O3)cc1. The Balaban J connectivity index is 1.29. The van der Waals surface area contributed by atoms with Gasteiger partial charge in [-0.1, -0.05) is 203 Å². The summed E-state index contributed by atoms with van der Waals surface area (Å²) in [6.07, 6.45) is 0. The highest BCUT2D eigenvalue weighted by Gasteiger charge is 2.42. The van der Waals surface area contributed by atoms with Crippen LogP contribution in [0.2, 0.25) is 0 Å². The number of benzene rings is 8. The van der Waals surface area contributed by atoms with E-state index < -0.39 is 0 Å². The molecule has 8 aromatic rings. The number of hydrogen-bond donors (Lipinski definition) is 0. The van der Waals surface area contributed by atoms with Crippen LogP contribution in [0, 0.1) is 0 Å². The molecule has 5 heteroatoms. The Hall–Kier alpha value is -6.98. The lowest BCUT2D eigenvalue weighted by molar-refractivity contribution is 0.464. The van der Waals surface area contributed by atoms with Crippen LogP contribution in [0.1, 0.15) is 158 Å². The van der Waals surface area contributed by atoms with Gasteiger partial charge in [-0.25, -0.2) is 0 Å². The molecule has 0 aromatic heterocycles. The Labute approximate surface area is 462 Å². The zero-order valence-corrected chi connectivity index (χ0v) is 49.4. The summed E-state index contributed by atoms with van der Waals surface area (Å²) in [5.41, 5.74) is 19.2. The van der Waals surface area contributed by atoms with E-state index in [1.165, 1.54) is 44.3 Å². The Bertz CT molecular complexity index is 3150. The average Bonchev–Trinajstić information content (AvgIpc) is 3.49. The molecule has 0 aliphatic carbocycles. The van der Waals surface area contributed by atoms with Crippen LogP contribution in [0.3, 0.4) is 0 Å². The number of hydrogen-bond acceptors (Lipinski definition) is 4. The van der Waals surface area contributed by atoms with E-state index >= 15 is 0 Å². The number of rotatable bonds is 7. The first-order valence-corrected chi connectivity index (χ1v) is 27.9. The summed E-state index contributed by atoms with van der Waals surface area (Å²) in [5, 5.41) is 0. The van der Waals surface area contributed by atoms with E-state index in [9.17, 15) is 0 Å². The Morgan fingerprint density at radius 2 is 0.571 bits per heavy atom. The molecule has 0 fully saturated rings. The first kappa shape index (κ1) is 53.4. The third kappa shape index (κ3) is 10.4. The summed E-state index contributed by atoms with van der Waals surface area (Å²) in [6, 6.07) is 61.8. The van der Waals surface area contributed by atoms with E-state index in [4.69, 9.17) is 9.47 Å². The van der Waals surface area contributed by atoms with Gasteiger partial charge in [0.15, 0.2) is 0 Å². The van der Waals surface area contributed by atoms with Crippen LogP contribution in [0.15, 0.2) is 164 Å². The molecule has 0 saturated carbocycles. The maximum absolute atomic E-state index is 7.28.